The Labute approximate surface area is 219 Å². The maximum atomic E-state index is 7.36. The number of anilines is 1. The van der Waals surface area contributed by atoms with Crippen LogP contribution < -0.4 is 9.64 Å². The highest BCUT2D eigenvalue weighted by Crippen LogP contribution is 2.35. The summed E-state index contributed by atoms with van der Waals surface area (Å²) in [5, 5.41) is 2.60. The molecule has 3 aromatic rings. The van der Waals surface area contributed by atoms with E-state index in [0.29, 0.717) is 31.1 Å². The van der Waals surface area contributed by atoms with Gasteiger partial charge in [-0.25, -0.2) is 6.57 Å². The largest absolute Gasteiger partial charge is 0.462 e. The summed E-state index contributed by atoms with van der Waals surface area (Å²) >= 11 is 0. The van der Waals surface area contributed by atoms with E-state index < -0.39 is 0 Å². The maximum absolute atomic E-state index is 7.36. The van der Waals surface area contributed by atoms with Crippen LogP contribution in [0.5, 0.6) is 6.01 Å². The number of likely N-dealkylation sites (tertiary alicyclic amines) is 1. The molecule has 0 amide bonds. The molecule has 2 fully saturated rings. The van der Waals surface area contributed by atoms with Crippen molar-refractivity contribution in [1.29, 1.82) is 0 Å². The number of nitrogens with zero attached hydrogens (tertiary/aromatic N) is 6. The van der Waals surface area contributed by atoms with Crippen LogP contribution in [0.25, 0.3) is 15.6 Å². The minimum absolute atomic E-state index is 0.404. The third-order valence-corrected chi connectivity index (χ3v) is 8.32. The van der Waals surface area contributed by atoms with Crippen molar-refractivity contribution in [2.45, 2.75) is 51.4 Å². The first kappa shape index (κ1) is 24.1. The normalized spacial score (nSPS) is 22.3. The Kier molecular flexibility index (Phi) is 6.95. The first-order chi connectivity index (χ1) is 18.2. The zero-order valence-electron chi connectivity index (χ0n) is 21.8. The number of fused-ring (bicyclic) bond motifs is 2. The Bertz CT molecular complexity index is 1300. The number of likely N-dealkylation sites (N-methyl/N-ethyl adjacent to an activating group) is 1. The molecule has 0 N–H and O–H groups in total. The van der Waals surface area contributed by atoms with E-state index in [4.69, 9.17) is 21.3 Å². The van der Waals surface area contributed by atoms with Crippen LogP contribution in [0.1, 0.15) is 42.5 Å². The fraction of sp³-hybridized carbons (Fsp3) is 0.500. The van der Waals surface area contributed by atoms with Crippen molar-refractivity contribution in [3.05, 3.63) is 70.7 Å². The molecule has 0 spiro atoms. The summed E-state index contributed by atoms with van der Waals surface area (Å²) in [6.07, 6.45) is 4.61. The summed E-state index contributed by atoms with van der Waals surface area (Å²) in [7, 11) is 2.17. The molecular weight excluding hydrogens is 460 g/mol. The van der Waals surface area contributed by atoms with Gasteiger partial charge in [-0.15, -0.1) is 0 Å². The van der Waals surface area contributed by atoms with Gasteiger partial charge in [0.25, 0.3) is 0 Å². The Morgan fingerprint density at radius 2 is 1.89 bits per heavy atom. The first-order valence-electron chi connectivity index (χ1n) is 13.7. The lowest BCUT2D eigenvalue weighted by Gasteiger charge is -2.32. The highest BCUT2D eigenvalue weighted by atomic mass is 16.5. The molecule has 4 heterocycles. The van der Waals surface area contributed by atoms with Gasteiger partial charge >= 0.3 is 6.01 Å². The van der Waals surface area contributed by atoms with Crippen LogP contribution in [0, 0.1) is 12.5 Å². The quantitative estimate of drug-likeness (QED) is 0.440. The van der Waals surface area contributed by atoms with Crippen LogP contribution in [0.2, 0.25) is 0 Å². The number of aromatic nitrogens is 2. The second kappa shape index (κ2) is 10.6. The van der Waals surface area contributed by atoms with E-state index in [2.05, 4.69) is 69.1 Å². The van der Waals surface area contributed by atoms with Gasteiger partial charge in [-0.1, -0.05) is 42.5 Å². The van der Waals surface area contributed by atoms with E-state index in [-0.39, 0.29) is 0 Å². The molecule has 3 aliphatic heterocycles. The van der Waals surface area contributed by atoms with Crippen molar-refractivity contribution in [2.24, 2.45) is 5.92 Å². The third kappa shape index (κ3) is 5.14. The molecule has 0 unspecified atom stereocenters. The van der Waals surface area contributed by atoms with Crippen molar-refractivity contribution < 1.29 is 4.74 Å². The van der Waals surface area contributed by atoms with Crippen LogP contribution >= 0.6 is 0 Å². The standard InChI is InChI=1S/C30H36N6O/c1-31-16-22-8-6-15-36(17-22)29-27-19-35(18-24-11-5-10-23-9-3-4-13-26(23)24)20-28(27)32-30(33-29)37-21-25-12-7-14-34(25)2/h3-5,9-11,13,22,25H,6-8,12,14-21H2,2H3/t22-,25-/m0/s1. The summed E-state index contributed by atoms with van der Waals surface area (Å²) in [6, 6.07) is 16.1. The second-order valence-electron chi connectivity index (χ2n) is 10.9. The molecule has 0 aliphatic carbocycles. The van der Waals surface area contributed by atoms with E-state index in [9.17, 15) is 0 Å². The number of ether oxygens (including phenoxy) is 1. The van der Waals surface area contributed by atoms with Gasteiger partial charge in [0.1, 0.15) is 12.4 Å². The fourth-order valence-electron chi connectivity index (χ4n) is 6.28. The van der Waals surface area contributed by atoms with Gasteiger partial charge in [-0.2, -0.15) is 9.97 Å². The lowest BCUT2D eigenvalue weighted by molar-refractivity contribution is 0.187. The molecule has 3 aliphatic rings. The number of piperidine rings is 1. The van der Waals surface area contributed by atoms with E-state index in [1.54, 1.807) is 0 Å². The minimum Gasteiger partial charge on any atom is -0.462 e. The summed E-state index contributed by atoms with van der Waals surface area (Å²) in [5.74, 6) is 1.43. The molecule has 6 rings (SSSR count). The molecule has 0 bridgehead atoms. The molecule has 7 heteroatoms. The lowest BCUT2D eigenvalue weighted by Crippen LogP contribution is -2.38. The van der Waals surface area contributed by atoms with Crippen LogP contribution in [-0.2, 0) is 19.6 Å². The van der Waals surface area contributed by atoms with Crippen LogP contribution in [0.4, 0.5) is 5.82 Å². The maximum Gasteiger partial charge on any atom is 0.318 e. The highest BCUT2D eigenvalue weighted by Gasteiger charge is 2.32. The van der Waals surface area contributed by atoms with Gasteiger partial charge in [-0.3, -0.25) is 4.90 Å². The molecule has 7 nitrogen and oxygen atoms in total. The molecule has 1 aromatic heterocycles. The average Bonchev–Trinajstić information content (AvgIpc) is 3.52. The second-order valence-corrected chi connectivity index (χ2v) is 10.9. The molecule has 2 saturated heterocycles. The van der Waals surface area contributed by atoms with Crippen molar-refractivity contribution in [3.63, 3.8) is 0 Å². The predicted octanol–water partition coefficient (Wildman–Crippen LogP) is 4.75. The minimum atomic E-state index is 0.404. The summed E-state index contributed by atoms with van der Waals surface area (Å²) in [6.45, 7) is 14.1. The lowest BCUT2D eigenvalue weighted by atomic mass is 9.98. The van der Waals surface area contributed by atoms with Crippen molar-refractivity contribution in [1.82, 2.24) is 19.8 Å². The fourth-order valence-corrected chi connectivity index (χ4v) is 6.28. The number of hydrogen-bond donors (Lipinski definition) is 0. The molecule has 37 heavy (non-hydrogen) atoms. The number of rotatable bonds is 7. The predicted molar refractivity (Wildman–Crippen MR) is 146 cm³/mol. The van der Waals surface area contributed by atoms with Crippen LogP contribution in [0.15, 0.2) is 42.5 Å². The summed E-state index contributed by atoms with van der Waals surface area (Å²) in [4.78, 5) is 20.9. The Morgan fingerprint density at radius 3 is 2.76 bits per heavy atom. The van der Waals surface area contributed by atoms with E-state index in [0.717, 1.165) is 70.0 Å². The van der Waals surface area contributed by atoms with E-state index in [1.165, 1.54) is 28.3 Å². The Hall–Kier alpha value is -3.21. The SMILES string of the molecule is [C-]#[N+]C[C@@H]1CCCN(c2nc(OC[C@@H]3CCCN3C)nc3c2CN(Cc2cccc4ccccc24)C3)C1. The zero-order valence-corrected chi connectivity index (χ0v) is 21.8. The number of hydrogen-bond acceptors (Lipinski definition) is 6. The molecule has 0 radical (unpaired) electrons. The molecule has 0 saturated carbocycles. The van der Waals surface area contributed by atoms with Gasteiger partial charge in [0.15, 0.2) is 0 Å². The van der Waals surface area contributed by atoms with E-state index >= 15 is 0 Å². The van der Waals surface area contributed by atoms with Crippen molar-refractivity contribution in [2.75, 3.05) is 44.7 Å². The van der Waals surface area contributed by atoms with Gasteiger partial charge in [-0.05, 0) is 55.6 Å². The van der Waals surface area contributed by atoms with Crippen molar-refractivity contribution >= 4 is 16.6 Å². The van der Waals surface area contributed by atoms with Crippen molar-refractivity contribution in [3.8, 4) is 6.01 Å². The van der Waals surface area contributed by atoms with Gasteiger partial charge in [0.05, 0.1) is 5.69 Å². The Morgan fingerprint density at radius 1 is 1.03 bits per heavy atom. The molecule has 2 atom stereocenters. The van der Waals surface area contributed by atoms with Gasteiger partial charge < -0.3 is 19.4 Å². The van der Waals surface area contributed by atoms with Gasteiger partial charge in [0.2, 0.25) is 6.54 Å². The number of benzene rings is 2. The Balaban J connectivity index is 1.26. The third-order valence-electron chi connectivity index (χ3n) is 8.32. The van der Waals surface area contributed by atoms with Crippen LogP contribution in [0.3, 0.4) is 0 Å². The molecular formula is C30H36N6O. The topological polar surface area (TPSA) is 49.1 Å². The average molecular weight is 497 g/mol. The summed E-state index contributed by atoms with van der Waals surface area (Å²) in [5.41, 5.74) is 3.66. The first-order valence-corrected chi connectivity index (χ1v) is 13.7. The smallest absolute Gasteiger partial charge is 0.318 e. The van der Waals surface area contributed by atoms with Gasteiger partial charge in [0, 0.05) is 50.2 Å². The highest BCUT2D eigenvalue weighted by molar-refractivity contribution is 5.85. The summed E-state index contributed by atoms with van der Waals surface area (Å²) < 4.78 is 6.25. The molecule has 192 valence electrons. The molecule has 2 aromatic carbocycles. The van der Waals surface area contributed by atoms with Crippen LogP contribution in [-0.4, -0.2) is 65.6 Å². The zero-order chi connectivity index (χ0) is 25.2. The monoisotopic (exact) mass is 496 g/mol. The van der Waals surface area contributed by atoms with E-state index in [1.807, 2.05) is 0 Å².